The molecule has 1 aromatic heterocycles. The Hall–Kier alpha value is -2.09. The van der Waals surface area contributed by atoms with Crippen molar-refractivity contribution in [3.05, 3.63) is 22.6 Å². The van der Waals surface area contributed by atoms with E-state index in [1.807, 2.05) is 0 Å². The SMILES string of the molecule is N#Cc1c(C(N)=O)oc2c1C(=O)CCC2. The predicted molar refractivity (Wildman–Crippen MR) is 49.2 cm³/mol. The van der Waals surface area contributed by atoms with E-state index in [-0.39, 0.29) is 22.7 Å². The minimum absolute atomic E-state index is 0.0119. The van der Waals surface area contributed by atoms with Crippen molar-refractivity contribution >= 4 is 11.7 Å². The van der Waals surface area contributed by atoms with Crippen LogP contribution < -0.4 is 5.73 Å². The Bertz CT molecular complexity index is 494. The van der Waals surface area contributed by atoms with Crippen molar-refractivity contribution in [2.75, 3.05) is 0 Å². The molecule has 0 saturated heterocycles. The number of carbonyl (C=O) groups is 2. The molecule has 0 radical (unpaired) electrons. The molecule has 0 atom stereocenters. The Kier molecular flexibility index (Phi) is 2.05. The fourth-order valence-corrected chi connectivity index (χ4v) is 1.76. The number of nitriles is 1. The molecule has 1 heterocycles. The molecule has 2 N–H and O–H groups in total. The van der Waals surface area contributed by atoms with Gasteiger partial charge in [0.1, 0.15) is 17.4 Å². The molecule has 1 amide bonds. The number of amides is 1. The van der Waals surface area contributed by atoms with Gasteiger partial charge in [-0.05, 0) is 6.42 Å². The molecular weight excluding hydrogens is 196 g/mol. The number of primary amides is 1. The maximum atomic E-state index is 11.5. The summed E-state index contributed by atoms with van der Waals surface area (Å²) in [5.74, 6) is -0.743. The van der Waals surface area contributed by atoms with E-state index in [0.29, 0.717) is 25.0 Å². The number of hydrogen-bond acceptors (Lipinski definition) is 4. The van der Waals surface area contributed by atoms with Crippen molar-refractivity contribution in [3.63, 3.8) is 0 Å². The second kappa shape index (κ2) is 3.24. The molecule has 0 aliphatic heterocycles. The quantitative estimate of drug-likeness (QED) is 0.730. The molecule has 76 valence electrons. The lowest BCUT2D eigenvalue weighted by molar-refractivity contribution is 0.0956. The van der Waals surface area contributed by atoms with E-state index >= 15 is 0 Å². The van der Waals surface area contributed by atoms with Crippen molar-refractivity contribution in [3.8, 4) is 6.07 Å². The summed E-state index contributed by atoms with van der Waals surface area (Å²) in [5.41, 5.74) is 5.29. The smallest absolute Gasteiger partial charge is 0.285 e. The van der Waals surface area contributed by atoms with Crippen molar-refractivity contribution in [1.82, 2.24) is 0 Å². The summed E-state index contributed by atoms with van der Waals surface area (Å²) < 4.78 is 5.14. The first kappa shape index (κ1) is 9.46. The molecular formula is C10H8N2O3. The lowest BCUT2D eigenvalue weighted by atomic mass is 9.94. The number of Topliss-reactive ketones (excluding diaryl/α,β-unsaturated/α-hetero) is 1. The van der Waals surface area contributed by atoms with Crippen LogP contribution in [0.5, 0.6) is 0 Å². The molecule has 15 heavy (non-hydrogen) atoms. The summed E-state index contributed by atoms with van der Waals surface area (Å²) in [6.07, 6.45) is 1.64. The number of fused-ring (bicyclic) bond motifs is 1. The maximum absolute atomic E-state index is 11.5. The van der Waals surface area contributed by atoms with Gasteiger partial charge in [-0.25, -0.2) is 0 Å². The fraction of sp³-hybridized carbons (Fsp3) is 0.300. The number of furan rings is 1. The molecule has 1 aromatic rings. The van der Waals surface area contributed by atoms with Crippen LogP contribution >= 0.6 is 0 Å². The minimum atomic E-state index is -0.811. The summed E-state index contributed by atoms with van der Waals surface area (Å²) in [4.78, 5) is 22.5. The Morgan fingerprint density at radius 1 is 1.47 bits per heavy atom. The van der Waals surface area contributed by atoms with Gasteiger partial charge in [0.25, 0.3) is 5.91 Å². The van der Waals surface area contributed by atoms with Gasteiger partial charge in [-0.3, -0.25) is 9.59 Å². The highest BCUT2D eigenvalue weighted by Crippen LogP contribution is 2.29. The van der Waals surface area contributed by atoms with E-state index in [1.165, 1.54) is 0 Å². The molecule has 0 fully saturated rings. The van der Waals surface area contributed by atoms with Gasteiger partial charge in [0.05, 0.1) is 5.56 Å². The molecule has 1 aliphatic rings. The second-order valence-corrected chi connectivity index (χ2v) is 3.36. The van der Waals surface area contributed by atoms with Gasteiger partial charge in [-0.2, -0.15) is 5.26 Å². The first-order chi connectivity index (χ1) is 7.15. The van der Waals surface area contributed by atoms with Crippen molar-refractivity contribution in [1.29, 1.82) is 5.26 Å². The summed E-state index contributed by atoms with van der Waals surface area (Å²) in [6.45, 7) is 0. The van der Waals surface area contributed by atoms with Crippen LogP contribution in [-0.2, 0) is 6.42 Å². The Morgan fingerprint density at radius 3 is 2.80 bits per heavy atom. The lowest BCUT2D eigenvalue weighted by Gasteiger charge is -2.07. The number of carbonyl (C=O) groups excluding carboxylic acids is 2. The van der Waals surface area contributed by atoms with Crippen LogP contribution in [-0.4, -0.2) is 11.7 Å². The largest absolute Gasteiger partial charge is 0.454 e. The fourth-order valence-electron chi connectivity index (χ4n) is 1.76. The van der Waals surface area contributed by atoms with Crippen LogP contribution in [0.4, 0.5) is 0 Å². The van der Waals surface area contributed by atoms with Gasteiger partial charge in [0, 0.05) is 12.8 Å². The molecule has 5 heteroatoms. The zero-order chi connectivity index (χ0) is 11.0. The van der Waals surface area contributed by atoms with Crippen LogP contribution in [0.3, 0.4) is 0 Å². The molecule has 0 saturated carbocycles. The van der Waals surface area contributed by atoms with E-state index in [4.69, 9.17) is 15.4 Å². The minimum Gasteiger partial charge on any atom is -0.454 e. The van der Waals surface area contributed by atoms with E-state index < -0.39 is 5.91 Å². The molecule has 0 spiro atoms. The standard InChI is InChI=1S/C10H8N2O3/c11-4-5-8-6(13)2-1-3-7(8)15-9(5)10(12)14/h1-3H2,(H2,12,14). The van der Waals surface area contributed by atoms with Crippen LogP contribution in [0.15, 0.2) is 4.42 Å². The van der Waals surface area contributed by atoms with Crippen LogP contribution in [0, 0.1) is 11.3 Å². The van der Waals surface area contributed by atoms with Gasteiger partial charge in [-0.1, -0.05) is 0 Å². The first-order valence-corrected chi connectivity index (χ1v) is 4.54. The number of hydrogen-bond donors (Lipinski definition) is 1. The average Bonchev–Trinajstić information content (AvgIpc) is 2.57. The molecule has 0 bridgehead atoms. The predicted octanol–water partition coefficient (Wildman–Crippen LogP) is 0.769. The second-order valence-electron chi connectivity index (χ2n) is 3.36. The topological polar surface area (TPSA) is 97.1 Å². The summed E-state index contributed by atoms with van der Waals surface area (Å²) in [6, 6.07) is 1.80. The highest BCUT2D eigenvalue weighted by molar-refractivity contribution is 6.04. The highest BCUT2D eigenvalue weighted by atomic mass is 16.4. The Morgan fingerprint density at radius 2 is 2.20 bits per heavy atom. The van der Waals surface area contributed by atoms with Crippen molar-refractivity contribution < 1.29 is 14.0 Å². The first-order valence-electron chi connectivity index (χ1n) is 4.54. The third-order valence-electron chi connectivity index (χ3n) is 2.40. The number of rotatable bonds is 1. The average molecular weight is 204 g/mol. The normalized spacial score (nSPS) is 14.5. The third kappa shape index (κ3) is 1.31. The van der Waals surface area contributed by atoms with E-state index in [0.717, 1.165) is 0 Å². The van der Waals surface area contributed by atoms with Gasteiger partial charge >= 0.3 is 0 Å². The Labute approximate surface area is 85.5 Å². The molecule has 0 unspecified atom stereocenters. The zero-order valence-corrected chi connectivity index (χ0v) is 7.87. The van der Waals surface area contributed by atoms with Gasteiger partial charge < -0.3 is 10.2 Å². The zero-order valence-electron chi connectivity index (χ0n) is 7.87. The number of nitrogens with zero attached hydrogens (tertiary/aromatic N) is 1. The molecule has 2 rings (SSSR count). The van der Waals surface area contributed by atoms with Gasteiger partial charge in [0.2, 0.25) is 5.76 Å². The molecule has 1 aliphatic carbocycles. The van der Waals surface area contributed by atoms with Crippen LogP contribution in [0.25, 0.3) is 0 Å². The number of nitrogens with two attached hydrogens (primary N) is 1. The summed E-state index contributed by atoms with van der Waals surface area (Å²) in [5, 5.41) is 8.86. The van der Waals surface area contributed by atoms with Gasteiger partial charge in [0.15, 0.2) is 5.78 Å². The van der Waals surface area contributed by atoms with Crippen molar-refractivity contribution in [2.24, 2.45) is 5.73 Å². The monoisotopic (exact) mass is 204 g/mol. The molecule has 0 aromatic carbocycles. The summed E-state index contributed by atoms with van der Waals surface area (Å²) >= 11 is 0. The molecule has 5 nitrogen and oxygen atoms in total. The van der Waals surface area contributed by atoms with Crippen LogP contribution in [0.1, 0.15) is 45.1 Å². The van der Waals surface area contributed by atoms with E-state index in [1.54, 1.807) is 6.07 Å². The lowest BCUT2D eigenvalue weighted by Crippen LogP contribution is -2.12. The highest BCUT2D eigenvalue weighted by Gasteiger charge is 2.30. The number of aryl methyl sites for hydroxylation is 1. The van der Waals surface area contributed by atoms with Crippen molar-refractivity contribution in [2.45, 2.75) is 19.3 Å². The van der Waals surface area contributed by atoms with Crippen LogP contribution in [0.2, 0.25) is 0 Å². The maximum Gasteiger partial charge on any atom is 0.285 e. The third-order valence-corrected chi connectivity index (χ3v) is 2.40. The van der Waals surface area contributed by atoms with E-state index in [9.17, 15) is 9.59 Å². The number of ketones is 1. The van der Waals surface area contributed by atoms with Gasteiger partial charge in [-0.15, -0.1) is 0 Å². The Balaban J connectivity index is 2.69. The summed E-state index contributed by atoms with van der Waals surface area (Å²) in [7, 11) is 0. The van der Waals surface area contributed by atoms with E-state index in [2.05, 4.69) is 0 Å².